The molecule has 0 radical (unpaired) electrons. The zero-order valence-corrected chi connectivity index (χ0v) is 7.08. The van der Waals surface area contributed by atoms with E-state index < -0.39 is 5.97 Å². The lowest BCUT2D eigenvalue weighted by Crippen LogP contribution is -2.21. The topological polar surface area (TPSA) is 46.5 Å². The number of hydrogen-bond donors (Lipinski definition) is 1. The van der Waals surface area contributed by atoms with E-state index in [0.29, 0.717) is 0 Å². The Hall–Kier alpha value is -0.830. The molecule has 0 aromatic rings. The molecule has 0 aromatic carbocycles. The van der Waals surface area contributed by atoms with Crippen molar-refractivity contribution in [3.05, 3.63) is 12.2 Å². The first-order chi connectivity index (χ1) is 5.68. The maximum atomic E-state index is 10.2. The molecule has 1 aliphatic carbocycles. The van der Waals surface area contributed by atoms with Crippen molar-refractivity contribution in [2.75, 3.05) is 6.61 Å². The summed E-state index contributed by atoms with van der Waals surface area (Å²) < 4.78 is 5.15. The predicted octanol–water partition coefficient (Wildman–Crippen LogP) is 1.59. The van der Waals surface area contributed by atoms with E-state index in [1.54, 1.807) is 0 Å². The Morgan fingerprint density at radius 1 is 1.58 bits per heavy atom. The number of ether oxygens (including phenoxy) is 1. The second-order valence-electron chi connectivity index (χ2n) is 3.15. The van der Waals surface area contributed by atoms with Crippen LogP contribution in [-0.2, 0) is 9.53 Å². The third-order valence-corrected chi connectivity index (χ3v) is 2.08. The third-order valence-electron chi connectivity index (χ3n) is 2.08. The summed E-state index contributed by atoms with van der Waals surface area (Å²) in [5.74, 6) is -0.889. The molecule has 0 aliphatic heterocycles. The van der Waals surface area contributed by atoms with Crippen LogP contribution in [0.5, 0.6) is 0 Å². The molecular weight excluding hydrogens is 156 g/mol. The van der Waals surface area contributed by atoms with Gasteiger partial charge in [-0.25, -0.2) is 4.79 Å². The fourth-order valence-electron chi connectivity index (χ4n) is 1.36. The average molecular weight is 170 g/mol. The fraction of sp³-hybridized carbons (Fsp3) is 0.667. The van der Waals surface area contributed by atoms with Crippen LogP contribution in [0.2, 0.25) is 0 Å². The first kappa shape index (κ1) is 9.26. The highest BCUT2D eigenvalue weighted by molar-refractivity contribution is 5.68. The average Bonchev–Trinajstić information content (AvgIpc) is 2.03. The zero-order valence-electron chi connectivity index (χ0n) is 7.08. The van der Waals surface area contributed by atoms with Gasteiger partial charge in [-0.1, -0.05) is 12.2 Å². The number of carboxylic acids is 1. The molecule has 0 spiro atoms. The van der Waals surface area contributed by atoms with Crippen LogP contribution in [0.15, 0.2) is 12.2 Å². The number of carbonyl (C=O) groups is 1. The highest BCUT2D eigenvalue weighted by Gasteiger charge is 2.16. The molecule has 0 heterocycles. The van der Waals surface area contributed by atoms with Crippen LogP contribution in [0, 0.1) is 0 Å². The van der Waals surface area contributed by atoms with Gasteiger partial charge in [-0.15, -0.1) is 0 Å². The van der Waals surface area contributed by atoms with Gasteiger partial charge in [0, 0.05) is 0 Å². The van der Waals surface area contributed by atoms with Gasteiger partial charge in [-0.3, -0.25) is 0 Å². The van der Waals surface area contributed by atoms with Crippen molar-refractivity contribution in [2.45, 2.75) is 31.8 Å². The van der Waals surface area contributed by atoms with Crippen LogP contribution in [0.3, 0.4) is 0 Å². The van der Waals surface area contributed by atoms with Gasteiger partial charge < -0.3 is 9.84 Å². The third kappa shape index (κ3) is 3.05. The van der Waals surface area contributed by atoms with Crippen molar-refractivity contribution < 1.29 is 14.6 Å². The van der Waals surface area contributed by atoms with Gasteiger partial charge in [0.2, 0.25) is 0 Å². The van der Waals surface area contributed by atoms with Crippen molar-refractivity contribution in [1.29, 1.82) is 0 Å². The number of rotatable bonds is 3. The van der Waals surface area contributed by atoms with E-state index in [9.17, 15) is 4.79 Å². The Balaban J connectivity index is 2.17. The van der Waals surface area contributed by atoms with Crippen LogP contribution in [-0.4, -0.2) is 23.8 Å². The van der Waals surface area contributed by atoms with Crippen LogP contribution in [0.4, 0.5) is 0 Å². The smallest absolute Gasteiger partial charge is 0.329 e. The largest absolute Gasteiger partial charge is 0.480 e. The maximum Gasteiger partial charge on any atom is 0.329 e. The minimum atomic E-state index is -0.889. The second kappa shape index (κ2) is 4.26. The van der Waals surface area contributed by atoms with Gasteiger partial charge in [-0.2, -0.15) is 0 Å². The lowest BCUT2D eigenvalue weighted by molar-refractivity contribution is -0.144. The summed E-state index contributed by atoms with van der Waals surface area (Å²) in [6.45, 7) is 3.70. The predicted molar refractivity (Wildman–Crippen MR) is 45.0 cm³/mol. The summed E-state index contributed by atoms with van der Waals surface area (Å²) in [7, 11) is 0. The highest BCUT2D eigenvalue weighted by Crippen LogP contribution is 2.23. The van der Waals surface area contributed by atoms with Gasteiger partial charge in [0.25, 0.3) is 0 Å². The summed E-state index contributed by atoms with van der Waals surface area (Å²) in [5.41, 5.74) is 1.25. The number of aliphatic carboxylic acids is 1. The van der Waals surface area contributed by atoms with Gasteiger partial charge in [0.05, 0.1) is 6.10 Å². The van der Waals surface area contributed by atoms with E-state index in [1.807, 2.05) is 0 Å². The molecule has 0 amide bonds. The molecule has 12 heavy (non-hydrogen) atoms. The number of allylic oxidation sites excluding steroid dienone is 1. The minimum absolute atomic E-state index is 0.131. The van der Waals surface area contributed by atoms with Crippen LogP contribution >= 0.6 is 0 Å². The summed E-state index contributed by atoms with van der Waals surface area (Å²) in [6.07, 6.45) is 3.93. The van der Waals surface area contributed by atoms with Crippen molar-refractivity contribution in [1.82, 2.24) is 0 Å². The van der Waals surface area contributed by atoms with Crippen molar-refractivity contribution >= 4 is 5.97 Å². The minimum Gasteiger partial charge on any atom is -0.480 e. The molecule has 68 valence electrons. The molecule has 0 atom stereocenters. The van der Waals surface area contributed by atoms with Gasteiger partial charge >= 0.3 is 5.97 Å². The van der Waals surface area contributed by atoms with Crippen LogP contribution in [0.1, 0.15) is 25.7 Å². The molecule has 3 heteroatoms. The zero-order chi connectivity index (χ0) is 8.97. The molecule has 1 saturated carbocycles. The second-order valence-corrected chi connectivity index (χ2v) is 3.15. The van der Waals surface area contributed by atoms with E-state index in [1.165, 1.54) is 5.57 Å². The molecule has 0 aromatic heterocycles. The summed E-state index contributed by atoms with van der Waals surface area (Å²) >= 11 is 0. The lowest BCUT2D eigenvalue weighted by Gasteiger charge is -2.22. The van der Waals surface area contributed by atoms with Crippen molar-refractivity contribution in [3.8, 4) is 0 Å². The Kier molecular flexibility index (Phi) is 3.29. The van der Waals surface area contributed by atoms with E-state index in [4.69, 9.17) is 9.84 Å². The highest BCUT2D eigenvalue weighted by atomic mass is 16.5. The fourth-order valence-corrected chi connectivity index (χ4v) is 1.36. The Morgan fingerprint density at radius 3 is 2.67 bits per heavy atom. The number of carboxylic acid groups (broad SMARTS) is 1. The van der Waals surface area contributed by atoms with E-state index in [0.717, 1.165) is 25.7 Å². The standard InChI is InChI=1S/C9H14O3/c1-7-2-4-8(5-3-7)12-6-9(10)11/h8H,1-6H2,(H,10,11). The molecule has 0 saturated heterocycles. The lowest BCUT2D eigenvalue weighted by atomic mass is 9.94. The molecule has 1 fully saturated rings. The SMILES string of the molecule is C=C1CCC(OCC(=O)O)CC1. The summed E-state index contributed by atoms with van der Waals surface area (Å²) in [6, 6.07) is 0. The van der Waals surface area contributed by atoms with Gasteiger partial charge in [0.1, 0.15) is 6.61 Å². The molecular formula is C9H14O3. The summed E-state index contributed by atoms with van der Waals surface area (Å²) in [5, 5.41) is 8.35. The maximum absolute atomic E-state index is 10.2. The van der Waals surface area contributed by atoms with Crippen molar-refractivity contribution in [3.63, 3.8) is 0 Å². The molecule has 3 nitrogen and oxygen atoms in total. The first-order valence-corrected chi connectivity index (χ1v) is 4.18. The molecule has 1 rings (SSSR count). The molecule has 0 bridgehead atoms. The molecule has 1 N–H and O–H groups in total. The van der Waals surface area contributed by atoms with E-state index >= 15 is 0 Å². The van der Waals surface area contributed by atoms with E-state index in [-0.39, 0.29) is 12.7 Å². The van der Waals surface area contributed by atoms with Gasteiger partial charge in [0.15, 0.2) is 0 Å². The van der Waals surface area contributed by atoms with Gasteiger partial charge in [-0.05, 0) is 25.7 Å². The molecule has 0 unspecified atom stereocenters. The van der Waals surface area contributed by atoms with Crippen molar-refractivity contribution in [2.24, 2.45) is 0 Å². The quantitative estimate of drug-likeness (QED) is 0.654. The Labute approximate surface area is 72.0 Å². The Bertz CT molecular complexity index is 176. The van der Waals surface area contributed by atoms with Crippen LogP contribution < -0.4 is 0 Å². The number of hydrogen-bond acceptors (Lipinski definition) is 2. The Morgan fingerprint density at radius 2 is 2.17 bits per heavy atom. The normalized spacial score (nSPS) is 19.5. The van der Waals surface area contributed by atoms with Crippen LogP contribution in [0.25, 0.3) is 0 Å². The molecule has 1 aliphatic rings. The monoisotopic (exact) mass is 170 g/mol. The first-order valence-electron chi connectivity index (χ1n) is 4.18. The summed E-state index contributed by atoms with van der Waals surface area (Å²) in [4.78, 5) is 10.2. The van der Waals surface area contributed by atoms with E-state index in [2.05, 4.69) is 6.58 Å².